The van der Waals surface area contributed by atoms with Crippen LogP contribution in [-0.4, -0.2) is 50.3 Å². The summed E-state index contributed by atoms with van der Waals surface area (Å²) in [5.41, 5.74) is 3.42. The van der Waals surface area contributed by atoms with E-state index >= 15 is 0 Å². The summed E-state index contributed by atoms with van der Waals surface area (Å²) in [5.74, 6) is -0.433. The third-order valence-electron chi connectivity index (χ3n) is 4.63. The van der Waals surface area contributed by atoms with Crippen LogP contribution in [0.2, 0.25) is 0 Å². The minimum absolute atomic E-state index is 0.113. The number of benzene rings is 2. The maximum atomic E-state index is 12.3. The smallest absolute Gasteiger partial charge is 0.329 e. The molecule has 0 aliphatic heterocycles. The van der Waals surface area contributed by atoms with Crippen LogP contribution in [0.25, 0.3) is 0 Å². The van der Waals surface area contributed by atoms with Gasteiger partial charge in [0, 0.05) is 11.7 Å². The van der Waals surface area contributed by atoms with E-state index in [1.165, 1.54) is 6.21 Å². The fraction of sp³-hybridized carbons (Fsp3) is 0.333. The lowest BCUT2D eigenvalue weighted by Crippen LogP contribution is -2.41. The number of amides is 3. The molecule has 188 valence electrons. The van der Waals surface area contributed by atoms with Gasteiger partial charge >= 0.3 is 11.8 Å². The van der Waals surface area contributed by atoms with Crippen molar-refractivity contribution in [1.29, 1.82) is 0 Å². The number of halogens is 1. The van der Waals surface area contributed by atoms with Crippen LogP contribution in [-0.2, 0) is 14.4 Å². The van der Waals surface area contributed by atoms with Gasteiger partial charge in [-0.25, -0.2) is 5.43 Å². The van der Waals surface area contributed by atoms with Crippen LogP contribution in [0.3, 0.4) is 0 Å². The Balaban J connectivity index is 2.02. The van der Waals surface area contributed by atoms with Crippen LogP contribution < -0.4 is 30.3 Å². The van der Waals surface area contributed by atoms with Crippen molar-refractivity contribution in [3.63, 3.8) is 0 Å². The second-order valence-electron chi connectivity index (χ2n) is 7.31. The van der Waals surface area contributed by atoms with Gasteiger partial charge in [-0.05, 0) is 84.8 Å². The minimum Gasteiger partial charge on any atom is -0.497 e. The molecule has 0 bridgehead atoms. The van der Waals surface area contributed by atoms with E-state index < -0.39 is 11.8 Å². The van der Waals surface area contributed by atoms with E-state index in [9.17, 15) is 14.4 Å². The maximum Gasteiger partial charge on any atom is 0.329 e. The Kier molecular flexibility index (Phi) is 11.3. The van der Waals surface area contributed by atoms with E-state index in [2.05, 4.69) is 43.8 Å². The Bertz CT molecular complexity index is 1060. The Morgan fingerprint density at radius 3 is 2.43 bits per heavy atom. The molecule has 0 spiro atoms. The number of hydrogen-bond donors (Lipinski definition) is 3. The predicted octanol–water partition coefficient (Wildman–Crippen LogP) is 3.08. The quantitative estimate of drug-likeness (QED) is 0.158. The molecule has 0 aliphatic carbocycles. The molecule has 2 rings (SSSR count). The Hall–Kier alpha value is -3.35. The zero-order valence-electron chi connectivity index (χ0n) is 20.0. The zero-order valence-corrected chi connectivity index (χ0v) is 22.2. The normalized spacial score (nSPS) is 11.5. The monoisotopic (exact) mass is 596 g/mol. The van der Waals surface area contributed by atoms with E-state index in [0.29, 0.717) is 45.1 Å². The second kappa shape index (κ2) is 14.1. The highest BCUT2D eigenvalue weighted by Crippen LogP contribution is 2.34. The molecule has 2 aromatic rings. The van der Waals surface area contributed by atoms with Crippen molar-refractivity contribution < 1.29 is 28.6 Å². The Morgan fingerprint density at radius 2 is 1.80 bits per heavy atom. The van der Waals surface area contributed by atoms with Gasteiger partial charge in [0.15, 0.2) is 18.1 Å². The van der Waals surface area contributed by atoms with Crippen LogP contribution in [0, 0.1) is 3.57 Å². The van der Waals surface area contributed by atoms with Crippen molar-refractivity contribution in [2.24, 2.45) is 5.10 Å². The maximum absolute atomic E-state index is 12.3. The molecule has 0 heterocycles. The van der Waals surface area contributed by atoms with Gasteiger partial charge in [-0.1, -0.05) is 6.92 Å². The first-order valence-corrected chi connectivity index (χ1v) is 12.0. The summed E-state index contributed by atoms with van der Waals surface area (Å²) in [5, 5.41) is 9.16. The van der Waals surface area contributed by atoms with Crippen molar-refractivity contribution in [3.05, 3.63) is 45.5 Å². The van der Waals surface area contributed by atoms with Crippen LogP contribution in [0.1, 0.15) is 32.8 Å². The third kappa shape index (κ3) is 9.08. The van der Waals surface area contributed by atoms with Crippen molar-refractivity contribution in [1.82, 2.24) is 10.7 Å². The minimum atomic E-state index is -0.857. The van der Waals surface area contributed by atoms with Crippen molar-refractivity contribution >= 4 is 52.2 Å². The van der Waals surface area contributed by atoms with Gasteiger partial charge in [0.2, 0.25) is 0 Å². The van der Waals surface area contributed by atoms with Crippen molar-refractivity contribution in [2.75, 3.05) is 25.6 Å². The predicted molar refractivity (Wildman–Crippen MR) is 141 cm³/mol. The summed E-state index contributed by atoms with van der Waals surface area (Å²) in [7, 11) is 1.57. The molecule has 2 aromatic carbocycles. The average molecular weight is 596 g/mol. The van der Waals surface area contributed by atoms with E-state index in [1.54, 1.807) is 50.4 Å². The third-order valence-corrected chi connectivity index (χ3v) is 5.43. The Labute approximate surface area is 217 Å². The van der Waals surface area contributed by atoms with E-state index in [-0.39, 0.29) is 18.6 Å². The number of hydrogen-bond acceptors (Lipinski definition) is 7. The lowest BCUT2D eigenvalue weighted by Gasteiger charge is -2.14. The average Bonchev–Trinajstić information content (AvgIpc) is 2.84. The summed E-state index contributed by atoms with van der Waals surface area (Å²) in [4.78, 5) is 36.0. The number of hydrazone groups is 1. The SMILES string of the molecule is CCOc1cc(/C=N\NC(=O)C(=O)N[C@H](C)CC)cc(I)c1OCC(=O)Nc1ccc(OC)cc1. The van der Waals surface area contributed by atoms with Gasteiger partial charge in [-0.3, -0.25) is 14.4 Å². The molecule has 1 atom stereocenters. The van der Waals surface area contributed by atoms with Crippen molar-refractivity contribution in [2.45, 2.75) is 33.2 Å². The van der Waals surface area contributed by atoms with Crippen LogP contribution in [0.4, 0.5) is 5.69 Å². The molecular formula is C24H29IN4O6. The Morgan fingerprint density at radius 1 is 1.09 bits per heavy atom. The zero-order chi connectivity index (χ0) is 25.8. The summed E-state index contributed by atoms with van der Waals surface area (Å²) >= 11 is 2.06. The molecule has 0 saturated carbocycles. The topological polar surface area (TPSA) is 127 Å². The summed E-state index contributed by atoms with van der Waals surface area (Å²) in [6.45, 7) is 5.68. The number of nitrogens with one attached hydrogen (secondary N) is 3. The number of methoxy groups -OCH3 is 1. The number of carbonyl (C=O) groups excluding carboxylic acids is 3. The molecule has 0 fully saturated rings. The fourth-order valence-electron chi connectivity index (χ4n) is 2.68. The van der Waals surface area contributed by atoms with Crippen LogP contribution >= 0.6 is 22.6 Å². The largest absolute Gasteiger partial charge is 0.497 e. The highest BCUT2D eigenvalue weighted by Gasteiger charge is 2.16. The van der Waals surface area contributed by atoms with Crippen LogP contribution in [0.15, 0.2) is 41.5 Å². The first-order valence-electron chi connectivity index (χ1n) is 10.9. The van der Waals surface area contributed by atoms with Gasteiger partial charge in [0.25, 0.3) is 5.91 Å². The molecule has 0 aliphatic rings. The van der Waals surface area contributed by atoms with Gasteiger partial charge in [-0.2, -0.15) is 5.10 Å². The van der Waals surface area contributed by atoms with Gasteiger partial charge < -0.3 is 24.8 Å². The number of ether oxygens (including phenoxy) is 3. The fourth-order valence-corrected chi connectivity index (χ4v) is 3.46. The molecule has 3 amide bonds. The number of rotatable bonds is 11. The second-order valence-corrected chi connectivity index (χ2v) is 8.47. The number of nitrogens with zero attached hydrogens (tertiary/aromatic N) is 1. The summed E-state index contributed by atoms with van der Waals surface area (Å²) in [6, 6.07) is 10.2. The first kappa shape index (κ1) is 27.9. The van der Waals surface area contributed by atoms with E-state index in [4.69, 9.17) is 14.2 Å². The van der Waals surface area contributed by atoms with Gasteiger partial charge in [0.05, 0.1) is 23.5 Å². The first-order chi connectivity index (χ1) is 16.8. The van der Waals surface area contributed by atoms with E-state index in [1.807, 2.05) is 13.8 Å². The summed E-state index contributed by atoms with van der Waals surface area (Å²) in [6.07, 6.45) is 2.10. The molecule has 0 aromatic heterocycles. The molecule has 3 N–H and O–H groups in total. The molecule has 35 heavy (non-hydrogen) atoms. The highest BCUT2D eigenvalue weighted by atomic mass is 127. The van der Waals surface area contributed by atoms with Gasteiger partial charge in [-0.15, -0.1) is 0 Å². The molecule has 0 unspecified atom stereocenters. The molecule has 0 saturated heterocycles. The molecular weight excluding hydrogens is 567 g/mol. The van der Waals surface area contributed by atoms with E-state index in [0.717, 1.165) is 0 Å². The van der Waals surface area contributed by atoms with Gasteiger partial charge in [0.1, 0.15) is 5.75 Å². The number of anilines is 1. The lowest BCUT2D eigenvalue weighted by atomic mass is 10.2. The van der Waals surface area contributed by atoms with Crippen molar-refractivity contribution in [3.8, 4) is 17.2 Å². The summed E-state index contributed by atoms with van der Waals surface area (Å²) < 4.78 is 17.2. The molecule has 11 heteroatoms. The standard InChI is InChI=1S/C24H29IN4O6/c1-5-15(3)27-23(31)24(32)29-26-13-16-11-19(25)22(20(12-16)34-6-2)35-14-21(30)28-17-7-9-18(33-4)10-8-17/h7-13,15H,5-6,14H2,1-4H3,(H,27,31)(H,28,30)(H,29,32)/b26-13-/t15-/m1/s1. The number of carbonyl (C=O) groups is 3. The van der Waals surface area contributed by atoms with Crippen LogP contribution in [0.5, 0.6) is 17.2 Å². The lowest BCUT2D eigenvalue weighted by molar-refractivity contribution is -0.139. The molecule has 10 nitrogen and oxygen atoms in total. The highest BCUT2D eigenvalue weighted by molar-refractivity contribution is 14.1. The molecule has 0 radical (unpaired) electrons.